The molecular weight excluding hydrogens is 1400 g/mol. The second kappa shape index (κ2) is 31.8. The number of rotatable bonds is 15. The number of aliphatic hydroxyl groups is 6. The van der Waals surface area contributed by atoms with Gasteiger partial charge < -0.3 is 134 Å². The number of amides is 7. The fourth-order valence-electron chi connectivity index (χ4n) is 13.6. The van der Waals surface area contributed by atoms with Gasteiger partial charge in [-0.25, -0.2) is 4.79 Å². The summed E-state index contributed by atoms with van der Waals surface area (Å²) in [5.74, 6) is -15.1. The smallest absolute Gasteiger partial charge is 0.330 e. The van der Waals surface area contributed by atoms with E-state index in [1.807, 2.05) is 13.8 Å². The van der Waals surface area contributed by atoms with Crippen LogP contribution >= 0.6 is 0 Å². The maximum Gasteiger partial charge on any atom is 0.330 e. The predicted octanol–water partition coefficient (Wildman–Crippen LogP) is -0.0749. The number of carbonyl (C=O) groups is 8. The van der Waals surface area contributed by atoms with Gasteiger partial charge in [0.15, 0.2) is 29.9 Å². The largest absolute Gasteiger partial charge is 0.508 e. The second-order valence-corrected chi connectivity index (χ2v) is 27.6. The first-order valence-corrected chi connectivity index (χ1v) is 34.2. The van der Waals surface area contributed by atoms with Gasteiger partial charge in [0.25, 0.3) is 0 Å². The van der Waals surface area contributed by atoms with Crippen molar-refractivity contribution in [3.8, 4) is 68.2 Å². The number of nitrogens with two attached hydrogens (primary N) is 3. The van der Waals surface area contributed by atoms with Gasteiger partial charge in [0.2, 0.25) is 53.4 Å². The first-order valence-electron chi connectivity index (χ1n) is 34.2. The molecule has 23 N–H and O–H groups in total. The molecule has 34 nitrogen and oxygen atoms in total. The lowest BCUT2D eigenvalue weighted by Crippen LogP contribution is -2.64. The van der Waals surface area contributed by atoms with Crippen molar-refractivity contribution in [3.05, 3.63) is 143 Å². The molecule has 107 heavy (non-hydrogen) atoms. The fraction of sp³-hybridized carbons (Fsp3) is 0.397. The number of carbonyl (C=O) groups excluding carboxylic acids is 7. The highest BCUT2D eigenvalue weighted by molar-refractivity contribution is 6.00. The van der Waals surface area contributed by atoms with E-state index in [4.69, 9.17) is 45.6 Å². The summed E-state index contributed by atoms with van der Waals surface area (Å²) in [6.45, 7) is 5.70. The van der Waals surface area contributed by atoms with E-state index in [0.717, 1.165) is 42.5 Å². The molecule has 34 heteroatoms. The second-order valence-electron chi connectivity index (χ2n) is 27.6. The van der Waals surface area contributed by atoms with Crippen LogP contribution in [0, 0.1) is 5.92 Å². The van der Waals surface area contributed by atoms with Crippen LogP contribution < -0.4 is 68.6 Å². The minimum Gasteiger partial charge on any atom is -0.508 e. The Balaban J connectivity index is 1.20. The topological polar surface area (TPSA) is 557 Å². The minimum atomic E-state index is -2.32. The van der Waals surface area contributed by atoms with E-state index in [0.29, 0.717) is 5.56 Å². The number of benzene rings is 6. The highest BCUT2D eigenvalue weighted by atomic mass is 16.8. The van der Waals surface area contributed by atoms with Crippen LogP contribution in [0.5, 0.6) is 46.0 Å². The number of carboxylic acids is 1. The number of hydrogen-bond donors (Lipinski definition) is 20. The lowest BCUT2D eigenvalue weighted by Gasteiger charge is -2.47. The Labute approximate surface area is 610 Å². The zero-order valence-electron chi connectivity index (χ0n) is 58.2. The fourth-order valence-corrected chi connectivity index (χ4v) is 13.6. The quantitative estimate of drug-likeness (QED) is 0.0639. The number of aliphatic hydroxyl groups excluding tert-OH is 6. The molecule has 7 aliphatic heterocycles. The predicted molar refractivity (Wildman–Crippen MR) is 373 cm³/mol. The zero-order chi connectivity index (χ0) is 77.4. The van der Waals surface area contributed by atoms with E-state index in [1.54, 1.807) is 24.3 Å². The molecule has 7 heterocycles. The van der Waals surface area contributed by atoms with E-state index < -0.39 is 226 Å². The number of hydrogen-bond acceptors (Lipinski definition) is 26. The first kappa shape index (κ1) is 77.5. The SMILES string of the molecule is CN[C@@H](CC(C)C)C(=O)N[C@@H]1C(=O)N[C@H](CC(N)=O)C(=O)N[C@@H]2C(=O)N[C@@H]3C(=O)N[C@@H](C(=O)N[C@H](C(=O)O)c4cc(O)cc(O)c4-c4cc3ccc4O)[C@@H](O)c3ccc(c(-c4cccc(CN)c4)c3)Oc3cc2cc(c3O[C@@H]2O[C@H](CO)[C@@H](O)[C@H](O)[C@H]2O[C@H]2C[C@](C)(N)[C@H](O)[C@H](C)O2)Oc2ccc(cc2)[C@@H]1O. The molecule has 0 radical (unpaired) electrons. The van der Waals surface area contributed by atoms with Gasteiger partial charge in [-0.3, -0.25) is 33.6 Å². The van der Waals surface area contributed by atoms with Crippen LogP contribution in [0.3, 0.4) is 0 Å². The van der Waals surface area contributed by atoms with Gasteiger partial charge in [-0.2, -0.15) is 0 Å². The maximum absolute atomic E-state index is 16.2. The average Bonchev–Trinajstić information content (AvgIpc) is 0.764. The van der Waals surface area contributed by atoms with Crippen molar-refractivity contribution in [2.24, 2.45) is 23.1 Å². The Bertz CT molecular complexity index is 4410. The van der Waals surface area contributed by atoms with Crippen LogP contribution in [-0.2, 0) is 59.1 Å². The first-order chi connectivity index (χ1) is 50.7. The number of phenolic OH excluding ortho intramolecular Hbond substituents is 3. The third kappa shape index (κ3) is 16.5. The van der Waals surface area contributed by atoms with E-state index >= 15 is 19.2 Å². The van der Waals surface area contributed by atoms with Gasteiger partial charge in [0.05, 0.1) is 31.3 Å². The normalized spacial score (nSPS) is 28.4. The number of fused-ring (bicyclic) bond motifs is 15. The molecule has 2 saturated heterocycles. The van der Waals surface area contributed by atoms with Crippen molar-refractivity contribution in [1.29, 1.82) is 0 Å². The van der Waals surface area contributed by atoms with Crippen LogP contribution in [-0.4, -0.2) is 191 Å². The molecule has 11 bridgehead atoms. The number of likely N-dealkylation sites (N-methyl/N-ethyl adjacent to an activating group) is 1. The Morgan fingerprint density at radius 2 is 1.36 bits per heavy atom. The monoisotopic (exact) mass is 1480 g/mol. The summed E-state index contributed by atoms with van der Waals surface area (Å²) in [5.41, 5.74) is 15.5. The number of phenols is 3. The van der Waals surface area contributed by atoms with Crippen LogP contribution in [0.25, 0.3) is 22.3 Å². The molecule has 2 fully saturated rings. The van der Waals surface area contributed by atoms with Crippen LogP contribution in [0.2, 0.25) is 0 Å². The Kier molecular flexibility index (Phi) is 23.1. The molecule has 0 unspecified atom stereocenters. The molecule has 7 amide bonds. The highest BCUT2D eigenvalue weighted by Gasteiger charge is 2.52. The van der Waals surface area contributed by atoms with Crippen molar-refractivity contribution in [3.63, 3.8) is 0 Å². The molecule has 6 aromatic carbocycles. The van der Waals surface area contributed by atoms with Gasteiger partial charge >= 0.3 is 5.97 Å². The van der Waals surface area contributed by atoms with Crippen molar-refractivity contribution < 1.29 is 118 Å². The zero-order valence-corrected chi connectivity index (χ0v) is 58.2. The maximum atomic E-state index is 16.2. The summed E-state index contributed by atoms with van der Waals surface area (Å²) in [6, 6.07) is 8.41. The van der Waals surface area contributed by atoms with Gasteiger partial charge in [-0.1, -0.05) is 56.3 Å². The molecule has 0 saturated carbocycles. The number of carboxylic acid groups (broad SMARTS) is 1. The van der Waals surface area contributed by atoms with Gasteiger partial charge in [0, 0.05) is 46.8 Å². The van der Waals surface area contributed by atoms with Crippen molar-refractivity contribution in [2.45, 2.75) is 163 Å². The molecule has 570 valence electrons. The molecule has 0 spiro atoms. The number of aliphatic carboxylic acids is 1. The molecular formula is C73H84N10O24. The minimum absolute atomic E-state index is 0.0252. The number of primary amides is 1. The number of aromatic hydroxyl groups is 3. The average molecular weight is 1490 g/mol. The summed E-state index contributed by atoms with van der Waals surface area (Å²) in [7, 11) is 1.49. The Morgan fingerprint density at radius 3 is 2.03 bits per heavy atom. The van der Waals surface area contributed by atoms with E-state index in [9.17, 15) is 70.2 Å². The molecule has 0 aliphatic carbocycles. The molecule has 6 aromatic rings. The number of nitrogens with one attached hydrogen (secondary N) is 7. The standard InChI is InChI=1S/C73H84N10O24/c1-29(2)17-42(77-5)65(94)82-56-58(89)32-9-13-38(14-10-32)103-47-21-36-22-48(62(47)107-72-63(61(92)60(91)49(28-84)105-72)106-51-26-73(4,76)64(93)30(3)102-51)104-46-16-12-35(20-39(46)33-8-6-7-31(18-33)27-74)59(90)57-70(99)81-55(71(100)101)41-23-37(85)24-45(87)52(41)40-19-34(11-15-44(40)86)53(67(96)83-57)80-68(97)54(36)79-66(95)43(25-50(75)88)78-69(56)98/h6-16,18-24,29-30,42-43,49,51,53-61,63-64,72,77,84-87,89-93H,17,25-28,74,76H2,1-5H3,(H2,75,88)(H,78,98)(H,79,95)(H,80,97)(H,81,99)(H,82,94)(H,83,96)(H,100,101)/t30-,42-,43+,49+,51-,53-,54-,55-,56-,57+,58-,59-,60+,61-,63+,64+,72-,73-/m0/s1. The Morgan fingerprint density at radius 1 is 0.701 bits per heavy atom. The van der Waals surface area contributed by atoms with Gasteiger partial charge in [-0.05, 0) is 127 Å². The Hall–Kier alpha value is -10.6. The third-order valence-electron chi connectivity index (χ3n) is 19.2. The van der Waals surface area contributed by atoms with Crippen molar-refractivity contribution >= 4 is 47.3 Å². The molecule has 18 atom stereocenters. The molecule has 7 aliphatic rings. The lowest BCUT2D eigenvalue weighted by molar-refractivity contribution is -0.333. The van der Waals surface area contributed by atoms with E-state index in [-0.39, 0.29) is 64.6 Å². The lowest BCUT2D eigenvalue weighted by atomic mass is 9.86. The third-order valence-corrected chi connectivity index (χ3v) is 19.2. The molecule has 0 aromatic heterocycles. The number of ether oxygens (including phenoxy) is 6. The summed E-state index contributed by atoms with van der Waals surface area (Å²) in [4.78, 5) is 118. The highest BCUT2D eigenvalue weighted by Crippen LogP contribution is 2.50. The van der Waals surface area contributed by atoms with Crippen molar-refractivity contribution in [2.75, 3.05) is 13.7 Å². The van der Waals surface area contributed by atoms with Crippen molar-refractivity contribution in [1.82, 2.24) is 37.2 Å². The van der Waals surface area contributed by atoms with E-state index in [2.05, 4.69) is 37.2 Å². The molecule has 13 rings (SSSR count). The van der Waals surface area contributed by atoms with Gasteiger partial charge in [-0.15, -0.1) is 0 Å². The van der Waals surface area contributed by atoms with Crippen LogP contribution in [0.4, 0.5) is 0 Å². The van der Waals surface area contributed by atoms with Crippen LogP contribution in [0.15, 0.2) is 109 Å². The summed E-state index contributed by atoms with van der Waals surface area (Å²) in [5, 5.41) is 133. The summed E-state index contributed by atoms with van der Waals surface area (Å²) >= 11 is 0. The van der Waals surface area contributed by atoms with Gasteiger partial charge in [0.1, 0.15) is 89.5 Å². The van der Waals surface area contributed by atoms with E-state index in [1.165, 1.54) is 63.4 Å². The summed E-state index contributed by atoms with van der Waals surface area (Å²) < 4.78 is 39.3. The van der Waals surface area contributed by atoms with Crippen LogP contribution in [0.1, 0.15) is 111 Å². The summed E-state index contributed by atoms with van der Waals surface area (Å²) in [6.07, 6.45) is -18.3.